The van der Waals surface area contributed by atoms with E-state index in [1.54, 1.807) is 0 Å². The Labute approximate surface area is 134 Å². The summed E-state index contributed by atoms with van der Waals surface area (Å²) in [5, 5.41) is 3.06. The zero-order valence-electron chi connectivity index (χ0n) is 14.1. The smallest absolute Gasteiger partial charge is 0.317 e. The highest BCUT2D eigenvalue weighted by atomic mass is 16.2. The van der Waals surface area contributed by atoms with Gasteiger partial charge in [0, 0.05) is 44.5 Å². The van der Waals surface area contributed by atoms with Crippen LogP contribution in [0.25, 0.3) is 0 Å². The molecule has 5 nitrogen and oxygen atoms in total. The molecule has 0 atom stereocenters. The second-order valence-corrected chi connectivity index (χ2v) is 6.47. The molecule has 0 saturated carbocycles. The van der Waals surface area contributed by atoms with E-state index < -0.39 is 0 Å². The van der Waals surface area contributed by atoms with Crippen LogP contribution in [0.2, 0.25) is 0 Å². The molecule has 2 rings (SSSR count). The lowest BCUT2D eigenvalue weighted by Crippen LogP contribution is -2.42. The number of hydrogen-bond donors (Lipinski definition) is 1. The van der Waals surface area contributed by atoms with E-state index in [2.05, 4.69) is 28.7 Å². The minimum Gasteiger partial charge on any atom is -0.338 e. The maximum Gasteiger partial charge on any atom is 0.317 e. The van der Waals surface area contributed by atoms with Crippen LogP contribution in [0, 0.1) is 0 Å². The van der Waals surface area contributed by atoms with Gasteiger partial charge in [0.1, 0.15) is 5.82 Å². The number of likely N-dealkylation sites (tertiary alicyclic amines) is 1. The molecule has 0 aromatic carbocycles. The van der Waals surface area contributed by atoms with Gasteiger partial charge in [0.05, 0.1) is 0 Å². The first-order valence-corrected chi connectivity index (χ1v) is 8.72. The van der Waals surface area contributed by atoms with E-state index in [0.29, 0.717) is 5.92 Å². The SMILES string of the molecule is CC(C)c1nccn1CCCNC(=O)N1CCCCCCC1. The quantitative estimate of drug-likeness (QED) is 0.848. The Morgan fingerprint density at radius 3 is 2.59 bits per heavy atom. The van der Waals surface area contributed by atoms with Crippen LogP contribution in [-0.2, 0) is 6.54 Å². The number of imidazole rings is 1. The number of carbonyl (C=O) groups is 1. The van der Waals surface area contributed by atoms with Crippen molar-refractivity contribution in [2.75, 3.05) is 19.6 Å². The second kappa shape index (κ2) is 8.81. The van der Waals surface area contributed by atoms with Gasteiger partial charge in [-0.1, -0.05) is 33.1 Å². The summed E-state index contributed by atoms with van der Waals surface area (Å²) in [6.45, 7) is 7.76. The fraction of sp³-hybridized carbons (Fsp3) is 0.765. The number of aryl methyl sites for hydroxylation is 1. The molecule has 5 heteroatoms. The maximum atomic E-state index is 12.2. The Kier molecular flexibility index (Phi) is 6.74. The molecular formula is C17H30N4O. The Hall–Kier alpha value is -1.52. The normalized spacial score (nSPS) is 16.4. The van der Waals surface area contributed by atoms with Crippen molar-refractivity contribution in [2.24, 2.45) is 0 Å². The first-order valence-electron chi connectivity index (χ1n) is 8.72. The number of carbonyl (C=O) groups excluding carboxylic acids is 1. The fourth-order valence-electron chi connectivity index (χ4n) is 3.02. The average Bonchev–Trinajstić information content (AvgIpc) is 2.91. The van der Waals surface area contributed by atoms with Gasteiger partial charge in [-0.25, -0.2) is 9.78 Å². The van der Waals surface area contributed by atoms with Crippen LogP contribution in [0.5, 0.6) is 0 Å². The number of urea groups is 1. The third-order valence-electron chi connectivity index (χ3n) is 4.26. The number of rotatable bonds is 5. The highest BCUT2D eigenvalue weighted by Crippen LogP contribution is 2.12. The molecule has 1 fully saturated rings. The van der Waals surface area contributed by atoms with Crippen LogP contribution in [0.3, 0.4) is 0 Å². The van der Waals surface area contributed by atoms with E-state index in [1.165, 1.54) is 19.3 Å². The van der Waals surface area contributed by atoms with E-state index in [9.17, 15) is 4.79 Å². The summed E-state index contributed by atoms with van der Waals surface area (Å²) in [7, 11) is 0. The van der Waals surface area contributed by atoms with E-state index in [4.69, 9.17) is 0 Å². The van der Waals surface area contributed by atoms with Crippen molar-refractivity contribution < 1.29 is 4.79 Å². The van der Waals surface area contributed by atoms with E-state index in [0.717, 1.165) is 51.3 Å². The van der Waals surface area contributed by atoms with Gasteiger partial charge in [-0.15, -0.1) is 0 Å². The predicted molar refractivity (Wildman–Crippen MR) is 89.0 cm³/mol. The first kappa shape index (κ1) is 16.8. The van der Waals surface area contributed by atoms with Crippen molar-refractivity contribution in [3.05, 3.63) is 18.2 Å². The third-order valence-corrected chi connectivity index (χ3v) is 4.26. The van der Waals surface area contributed by atoms with Crippen LogP contribution in [0.4, 0.5) is 4.79 Å². The summed E-state index contributed by atoms with van der Waals surface area (Å²) in [6.07, 6.45) is 10.9. The minimum atomic E-state index is 0.108. The fourth-order valence-corrected chi connectivity index (χ4v) is 3.02. The summed E-state index contributed by atoms with van der Waals surface area (Å²) in [5.74, 6) is 1.56. The minimum absolute atomic E-state index is 0.108. The lowest BCUT2D eigenvalue weighted by Gasteiger charge is -2.25. The molecule has 0 bridgehead atoms. The number of hydrogen-bond acceptors (Lipinski definition) is 2. The summed E-state index contributed by atoms with van der Waals surface area (Å²) in [6, 6.07) is 0.108. The van der Waals surface area contributed by atoms with E-state index in [1.807, 2.05) is 17.3 Å². The number of nitrogens with zero attached hydrogens (tertiary/aromatic N) is 3. The summed E-state index contributed by atoms with van der Waals surface area (Å²) in [4.78, 5) is 18.6. The highest BCUT2D eigenvalue weighted by molar-refractivity contribution is 5.74. The first-order chi connectivity index (χ1) is 10.7. The summed E-state index contributed by atoms with van der Waals surface area (Å²) in [5.41, 5.74) is 0. The molecule has 0 aliphatic carbocycles. The maximum absolute atomic E-state index is 12.2. The standard InChI is InChI=1S/C17H30N4O/c1-15(2)16-18-10-14-20(16)13-8-9-19-17(22)21-11-6-4-3-5-7-12-21/h10,14-15H,3-9,11-13H2,1-2H3,(H,19,22). The van der Waals surface area contributed by atoms with E-state index >= 15 is 0 Å². The van der Waals surface area contributed by atoms with Gasteiger partial charge < -0.3 is 14.8 Å². The Morgan fingerprint density at radius 1 is 1.23 bits per heavy atom. The molecule has 2 heterocycles. The van der Waals surface area contributed by atoms with Gasteiger partial charge in [-0.2, -0.15) is 0 Å². The topological polar surface area (TPSA) is 50.2 Å². The lowest BCUT2D eigenvalue weighted by atomic mass is 10.1. The molecule has 1 saturated heterocycles. The summed E-state index contributed by atoms with van der Waals surface area (Å²) < 4.78 is 2.19. The van der Waals surface area contributed by atoms with E-state index in [-0.39, 0.29) is 6.03 Å². The highest BCUT2D eigenvalue weighted by Gasteiger charge is 2.14. The van der Waals surface area contributed by atoms with Crippen molar-refractivity contribution in [3.63, 3.8) is 0 Å². The molecule has 0 unspecified atom stereocenters. The monoisotopic (exact) mass is 306 g/mol. The second-order valence-electron chi connectivity index (χ2n) is 6.47. The van der Waals surface area contributed by atoms with Crippen molar-refractivity contribution in [3.8, 4) is 0 Å². The van der Waals surface area contributed by atoms with Gasteiger partial charge in [-0.3, -0.25) is 0 Å². The molecule has 1 aromatic rings. The van der Waals surface area contributed by atoms with Crippen molar-refractivity contribution in [1.82, 2.24) is 19.8 Å². The molecule has 1 N–H and O–H groups in total. The molecule has 1 aromatic heterocycles. The Bertz CT molecular complexity index is 447. The zero-order valence-corrected chi connectivity index (χ0v) is 14.1. The lowest BCUT2D eigenvalue weighted by molar-refractivity contribution is 0.192. The van der Waals surface area contributed by atoms with Crippen LogP contribution in [0.1, 0.15) is 64.1 Å². The van der Waals surface area contributed by atoms with Crippen LogP contribution in [-0.4, -0.2) is 40.1 Å². The molecule has 124 valence electrons. The largest absolute Gasteiger partial charge is 0.338 e. The number of nitrogens with one attached hydrogen (secondary N) is 1. The van der Waals surface area contributed by atoms with Gasteiger partial charge in [0.2, 0.25) is 0 Å². The predicted octanol–water partition coefficient (Wildman–Crippen LogP) is 3.37. The van der Waals surface area contributed by atoms with Gasteiger partial charge in [0.25, 0.3) is 0 Å². The van der Waals surface area contributed by atoms with Crippen LogP contribution < -0.4 is 5.32 Å². The Balaban J connectivity index is 1.69. The molecule has 0 spiro atoms. The molecule has 1 aliphatic rings. The van der Waals surface area contributed by atoms with Crippen molar-refractivity contribution >= 4 is 6.03 Å². The number of amides is 2. The molecule has 1 aliphatic heterocycles. The molecule has 0 radical (unpaired) electrons. The third kappa shape index (κ3) is 5.04. The average molecular weight is 306 g/mol. The van der Waals surface area contributed by atoms with Gasteiger partial charge >= 0.3 is 6.03 Å². The number of aromatic nitrogens is 2. The Morgan fingerprint density at radius 2 is 1.91 bits per heavy atom. The molecule has 2 amide bonds. The van der Waals surface area contributed by atoms with Crippen LogP contribution in [0.15, 0.2) is 12.4 Å². The molecule has 22 heavy (non-hydrogen) atoms. The summed E-state index contributed by atoms with van der Waals surface area (Å²) >= 11 is 0. The zero-order chi connectivity index (χ0) is 15.8. The van der Waals surface area contributed by atoms with Gasteiger partial charge in [-0.05, 0) is 19.3 Å². The van der Waals surface area contributed by atoms with Crippen LogP contribution >= 0.6 is 0 Å². The van der Waals surface area contributed by atoms with Crippen molar-refractivity contribution in [1.29, 1.82) is 0 Å². The van der Waals surface area contributed by atoms with Crippen molar-refractivity contribution in [2.45, 2.75) is 64.8 Å². The molecular weight excluding hydrogens is 276 g/mol. The van der Waals surface area contributed by atoms with Gasteiger partial charge in [0.15, 0.2) is 0 Å².